The van der Waals surface area contributed by atoms with Gasteiger partial charge in [0.2, 0.25) is 10.0 Å². The summed E-state index contributed by atoms with van der Waals surface area (Å²) in [5, 5.41) is 0. The molecule has 21 heavy (non-hydrogen) atoms. The molecule has 0 radical (unpaired) electrons. The maximum atomic E-state index is 12.1. The van der Waals surface area contributed by atoms with Gasteiger partial charge in [0.05, 0.1) is 11.4 Å². The van der Waals surface area contributed by atoms with Crippen LogP contribution in [0.1, 0.15) is 44.6 Å². The Labute approximate surface area is 128 Å². The minimum atomic E-state index is -3.24. The lowest BCUT2D eigenvalue weighted by molar-refractivity contribution is 0.578. The van der Waals surface area contributed by atoms with Crippen molar-refractivity contribution in [2.75, 3.05) is 28.5 Å². The zero-order valence-electron chi connectivity index (χ0n) is 13.1. The highest BCUT2D eigenvalue weighted by molar-refractivity contribution is 7.92. The number of unbranched alkanes of at least 4 members (excludes halogenated alkanes) is 1. The maximum absolute atomic E-state index is 12.1. The third-order valence-electron chi connectivity index (χ3n) is 3.97. The quantitative estimate of drug-likeness (QED) is 0.874. The van der Waals surface area contributed by atoms with Crippen LogP contribution in [0.15, 0.2) is 18.2 Å². The number of hydrogen-bond donors (Lipinski definition) is 1. The number of hydrogen-bond acceptors (Lipinski definition) is 3. The van der Waals surface area contributed by atoms with E-state index >= 15 is 0 Å². The number of nitrogens with one attached hydrogen (secondary N) is 1. The van der Waals surface area contributed by atoms with E-state index in [1.165, 1.54) is 19.3 Å². The minimum Gasteiger partial charge on any atom is -0.371 e. The van der Waals surface area contributed by atoms with Crippen LogP contribution >= 0.6 is 0 Å². The number of anilines is 2. The number of aryl methyl sites for hydroxylation is 1. The standard InChI is InChI=1S/C16H26N2O2S/c1-3-4-12-21(19,20)17-16-13-15(9-8-14(16)2)18-10-6-5-7-11-18/h8-9,13,17H,3-7,10-12H2,1-2H3. The van der Waals surface area contributed by atoms with Crippen molar-refractivity contribution in [3.05, 3.63) is 23.8 Å². The molecule has 1 heterocycles. The molecule has 1 saturated heterocycles. The van der Waals surface area contributed by atoms with E-state index in [0.29, 0.717) is 12.1 Å². The minimum absolute atomic E-state index is 0.191. The van der Waals surface area contributed by atoms with E-state index in [1.807, 2.05) is 26.0 Å². The largest absolute Gasteiger partial charge is 0.371 e. The molecular weight excluding hydrogens is 284 g/mol. The number of benzene rings is 1. The molecule has 1 fully saturated rings. The molecule has 118 valence electrons. The average Bonchev–Trinajstić information content (AvgIpc) is 2.48. The van der Waals surface area contributed by atoms with Crippen molar-refractivity contribution in [2.24, 2.45) is 0 Å². The first-order chi connectivity index (χ1) is 10.0. The van der Waals surface area contributed by atoms with Gasteiger partial charge in [-0.1, -0.05) is 19.4 Å². The molecule has 4 nitrogen and oxygen atoms in total. The third-order valence-corrected chi connectivity index (χ3v) is 5.33. The first-order valence-electron chi connectivity index (χ1n) is 7.88. The predicted molar refractivity (Wildman–Crippen MR) is 89.6 cm³/mol. The number of piperidine rings is 1. The summed E-state index contributed by atoms with van der Waals surface area (Å²) in [7, 11) is -3.24. The fraction of sp³-hybridized carbons (Fsp3) is 0.625. The van der Waals surface area contributed by atoms with Crippen LogP contribution in [0.2, 0.25) is 0 Å². The van der Waals surface area contributed by atoms with Gasteiger partial charge in [0.15, 0.2) is 0 Å². The van der Waals surface area contributed by atoms with E-state index < -0.39 is 10.0 Å². The highest BCUT2D eigenvalue weighted by atomic mass is 32.2. The van der Waals surface area contributed by atoms with Crippen molar-refractivity contribution in [1.29, 1.82) is 0 Å². The summed E-state index contributed by atoms with van der Waals surface area (Å²) in [6.07, 6.45) is 5.30. The molecule has 1 aromatic rings. The number of rotatable bonds is 6. The summed E-state index contributed by atoms with van der Waals surface area (Å²) in [5.41, 5.74) is 2.80. The molecule has 0 atom stereocenters. The molecule has 0 aromatic heterocycles. The lowest BCUT2D eigenvalue weighted by atomic mass is 10.1. The van der Waals surface area contributed by atoms with Crippen molar-refractivity contribution in [3.63, 3.8) is 0 Å². The molecule has 1 aliphatic heterocycles. The van der Waals surface area contributed by atoms with E-state index in [-0.39, 0.29) is 5.75 Å². The monoisotopic (exact) mass is 310 g/mol. The van der Waals surface area contributed by atoms with Gasteiger partial charge >= 0.3 is 0 Å². The second kappa shape index (κ2) is 7.16. The summed E-state index contributed by atoms with van der Waals surface area (Å²) in [4.78, 5) is 2.34. The van der Waals surface area contributed by atoms with E-state index in [2.05, 4.69) is 15.7 Å². The van der Waals surface area contributed by atoms with Gasteiger partial charge in [0.25, 0.3) is 0 Å². The highest BCUT2D eigenvalue weighted by Crippen LogP contribution is 2.26. The van der Waals surface area contributed by atoms with Crippen LogP contribution in [0.25, 0.3) is 0 Å². The van der Waals surface area contributed by atoms with Gasteiger partial charge in [0.1, 0.15) is 0 Å². The second-order valence-corrected chi connectivity index (χ2v) is 7.66. The smallest absolute Gasteiger partial charge is 0.232 e. The summed E-state index contributed by atoms with van der Waals surface area (Å²) >= 11 is 0. The Bertz CT molecular complexity index is 564. The van der Waals surface area contributed by atoms with Gasteiger partial charge in [0, 0.05) is 18.8 Å². The lowest BCUT2D eigenvalue weighted by Gasteiger charge is -2.29. The molecule has 0 aliphatic carbocycles. The van der Waals surface area contributed by atoms with Gasteiger partial charge < -0.3 is 4.90 Å². The average molecular weight is 310 g/mol. The van der Waals surface area contributed by atoms with Gasteiger partial charge in [-0.05, 0) is 50.3 Å². The van der Waals surface area contributed by atoms with E-state index in [0.717, 1.165) is 30.8 Å². The summed E-state index contributed by atoms with van der Waals surface area (Å²) < 4.78 is 26.9. The van der Waals surface area contributed by atoms with Gasteiger partial charge in [-0.2, -0.15) is 0 Å². The Hall–Kier alpha value is -1.23. The molecule has 2 rings (SSSR count). The normalized spacial score (nSPS) is 16.0. The van der Waals surface area contributed by atoms with Crippen molar-refractivity contribution < 1.29 is 8.42 Å². The van der Waals surface area contributed by atoms with Crippen LogP contribution in [0.5, 0.6) is 0 Å². The van der Waals surface area contributed by atoms with Crippen molar-refractivity contribution in [1.82, 2.24) is 0 Å². The summed E-state index contributed by atoms with van der Waals surface area (Å²) in [6.45, 7) is 6.06. The van der Waals surface area contributed by atoms with Gasteiger partial charge in [-0.15, -0.1) is 0 Å². The molecular formula is C16H26N2O2S. The van der Waals surface area contributed by atoms with Crippen LogP contribution < -0.4 is 9.62 Å². The molecule has 0 unspecified atom stereocenters. The van der Waals surface area contributed by atoms with Crippen LogP contribution in [0, 0.1) is 6.92 Å². The van der Waals surface area contributed by atoms with Crippen LogP contribution in [-0.4, -0.2) is 27.3 Å². The van der Waals surface area contributed by atoms with E-state index in [4.69, 9.17) is 0 Å². The Morgan fingerprint density at radius 1 is 1.19 bits per heavy atom. The SMILES string of the molecule is CCCCS(=O)(=O)Nc1cc(N2CCCCC2)ccc1C. The fourth-order valence-corrected chi connectivity index (χ4v) is 3.95. The molecule has 0 saturated carbocycles. The van der Waals surface area contributed by atoms with E-state index in [1.54, 1.807) is 0 Å². The van der Waals surface area contributed by atoms with Crippen molar-refractivity contribution >= 4 is 21.4 Å². The third kappa shape index (κ3) is 4.63. The van der Waals surface area contributed by atoms with Crippen LogP contribution in [0.4, 0.5) is 11.4 Å². The molecule has 0 bridgehead atoms. The Morgan fingerprint density at radius 2 is 1.90 bits per heavy atom. The molecule has 0 spiro atoms. The summed E-state index contributed by atoms with van der Waals surface area (Å²) in [5.74, 6) is 0.191. The summed E-state index contributed by atoms with van der Waals surface area (Å²) in [6, 6.07) is 6.07. The van der Waals surface area contributed by atoms with E-state index in [9.17, 15) is 8.42 Å². The lowest BCUT2D eigenvalue weighted by Crippen LogP contribution is -2.29. The van der Waals surface area contributed by atoms with Crippen molar-refractivity contribution in [3.8, 4) is 0 Å². The Balaban J connectivity index is 2.15. The molecule has 1 N–H and O–H groups in total. The zero-order chi connectivity index (χ0) is 15.3. The van der Waals surface area contributed by atoms with Gasteiger partial charge in [-0.25, -0.2) is 8.42 Å². The van der Waals surface area contributed by atoms with Crippen LogP contribution in [0.3, 0.4) is 0 Å². The Morgan fingerprint density at radius 3 is 2.57 bits per heavy atom. The predicted octanol–water partition coefficient (Wildman–Crippen LogP) is 3.53. The fourth-order valence-electron chi connectivity index (χ4n) is 2.62. The number of sulfonamides is 1. The number of nitrogens with zero attached hydrogens (tertiary/aromatic N) is 1. The van der Waals surface area contributed by atoms with Crippen molar-refractivity contribution in [2.45, 2.75) is 46.0 Å². The molecule has 5 heteroatoms. The molecule has 0 amide bonds. The first kappa shape index (κ1) is 16.1. The zero-order valence-corrected chi connectivity index (χ0v) is 13.9. The van der Waals surface area contributed by atoms with Crippen LogP contribution in [-0.2, 0) is 10.0 Å². The maximum Gasteiger partial charge on any atom is 0.232 e. The topological polar surface area (TPSA) is 49.4 Å². The molecule has 1 aromatic carbocycles. The first-order valence-corrected chi connectivity index (χ1v) is 9.53. The molecule has 1 aliphatic rings. The Kier molecular flexibility index (Phi) is 5.51. The van der Waals surface area contributed by atoms with Gasteiger partial charge in [-0.3, -0.25) is 4.72 Å². The second-order valence-electron chi connectivity index (χ2n) is 5.82. The highest BCUT2D eigenvalue weighted by Gasteiger charge is 2.15.